The van der Waals surface area contributed by atoms with Gasteiger partial charge in [-0.05, 0) is 24.3 Å². The van der Waals surface area contributed by atoms with E-state index < -0.39 is 12.2 Å². The van der Waals surface area contributed by atoms with Gasteiger partial charge in [-0.25, -0.2) is 4.79 Å². The molecule has 0 bridgehead atoms. The minimum absolute atomic E-state index is 0.121. The Hall–Kier alpha value is -2.99. The zero-order chi connectivity index (χ0) is 17.8. The standard InChI is InChI=1S/C18H15ClN2O4/c1-24-13-10-6-5-9-12(13)20-15-14(19)18(23)25-17(15)21-16(22)11-7-3-2-4-8-11/h2-10,17,20H,1H3,(H,21,22)/t17-/m0/s1. The summed E-state index contributed by atoms with van der Waals surface area (Å²) in [6.07, 6.45) is -1.02. The van der Waals surface area contributed by atoms with Crippen LogP contribution >= 0.6 is 11.6 Å². The lowest BCUT2D eigenvalue weighted by Crippen LogP contribution is -2.38. The fourth-order valence-corrected chi connectivity index (χ4v) is 2.54. The van der Waals surface area contributed by atoms with Crippen LogP contribution in [0.25, 0.3) is 0 Å². The third-order valence-corrected chi connectivity index (χ3v) is 3.94. The van der Waals surface area contributed by atoms with E-state index in [9.17, 15) is 9.59 Å². The summed E-state index contributed by atoms with van der Waals surface area (Å²) in [4.78, 5) is 24.1. The molecule has 1 atom stereocenters. The van der Waals surface area contributed by atoms with Crippen molar-refractivity contribution in [3.63, 3.8) is 0 Å². The van der Waals surface area contributed by atoms with E-state index in [4.69, 9.17) is 21.1 Å². The third-order valence-electron chi connectivity index (χ3n) is 3.58. The van der Waals surface area contributed by atoms with Gasteiger partial charge in [0.05, 0.1) is 12.8 Å². The molecule has 1 aliphatic heterocycles. The second-order valence-corrected chi connectivity index (χ2v) is 5.56. The highest BCUT2D eigenvalue weighted by molar-refractivity contribution is 6.42. The SMILES string of the molecule is COc1ccccc1NC1=C(Cl)C(=O)O[C@@H]1NC(=O)c1ccccc1. The van der Waals surface area contributed by atoms with Crippen molar-refractivity contribution in [1.29, 1.82) is 0 Å². The zero-order valence-electron chi connectivity index (χ0n) is 13.3. The first kappa shape index (κ1) is 16.9. The number of ether oxygens (including phenoxy) is 2. The molecule has 2 N–H and O–H groups in total. The highest BCUT2D eigenvalue weighted by atomic mass is 35.5. The van der Waals surface area contributed by atoms with Crippen molar-refractivity contribution in [3.05, 3.63) is 70.9 Å². The molecule has 2 aromatic carbocycles. The molecule has 128 valence electrons. The van der Waals surface area contributed by atoms with Gasteiger partial charge in [-0.2, -0.15) is 0 Å². The number of hydrogen-bond acceptors (Lipinski definition) is 5. The number of rotatable bonds is 5. The van der Waals surface area contributed by atoms with E-state index in [2.05, 4.69) is 10.6 Å². The molecular weight excluding hydrogens is 344 g/mol. The molecule has 3 rings (SSSR count). The number of cyclic esters (lactones) is 1. The fraction of sp³-hybridized carbons (Fsp3) is 0.111. The van der Waals surface area contributed by atoms with Crippen LogP contribution in [0.3, 0.4) is 0 Å². The van der Waals surface area contributed by atoms with Gasteiger partial charge in [0.25, 0.3) is 5.91 Å². The topological polar surface area (TPSA) is 76.7 Å². The van der Waals surface area contributed by atoms with E-state index in [1.165, 1.54) is 7.11 Å². The number of methoxy groups -OCH3 is 1. The van der Waals surface area contributed by atoms with Crippen molar-refractivity contribution < 1.29 is 19.1 Å². The quantitative estimate of drug-likeness (QED) is 0.804. The summed E-state index contributed by atoms with van der Waals surface area (Å²) >= 11 is 6.05. The van der Waals surface area contributed by atoms with Crippen molar-refractivity contribution in [1.82, 2.24) is 5.32 Å². The minimum Gasteiger partial charge on any atom is -0.495 e. The van der Waals surface area contributed by atoms with E-state index in [1.807, 2.05) is 6.07 Å². The number of para-hydroxylation sites is 2. The third kappa shape index (κ3) is 3.59. The van der Waals surface area contributed by atoms with Crippen LogP contribution in [0.15, 0.2) is 65.3 Å². The van der Waals surface area contributed by atoms with Gasteiger partial charge in [-0.3, -0.25) is 4.79 Å². The number of carbonyl (C=O) groups is 2. The van der Waals surface area contributed by atoms with Gasteiger partial charge in [-0.15, -0.1) is 0 Å². The smallest absolute Gasteiger partial charge is 0.354 e. The fourth-order valence-electron chi connectivity index (χ4n) is 2.35. The molecule has 0 spiro atoms. The molecule has 0 saturated carbocycles. The number of amides is 1. The molecule has 25 heavy (non-hydrogen) atoms. The van der Waals surface area contributed by atoms with Crippen LogP contribution in [0.5, 0.6) is 5.75 Å². The number of benzene rings is 2. The number of carbonyl (C=O) groups excluding carboxylic acids is 2. The highest BCUT2D eigenvalue weighted by Crippen LogP contribution is 2.30. The predicted octanol–water partition coefficient (Wildman–Crippen LogP) is 2.87. The molecule has 0 aliphatic carbocycles. The van der Waals surface area contributed by atoms with Gasteiger partial charge in [0.1, 0.15) is 11.4 Å². The highest BCUT2D eigenvalue weighted by Gasteiger charge is 2.35. The predicted molar refractivity (Wildman–Crippen MR) is 93.3 cm³/mol. The molecule has 7 heteroatoms. The lowest BCUT2D eigenvalue weighted by molar-refractivity contribution is -0.139. The molecule has 2 aromatic rings. The number of esters is 1. The normalized spacial score (nSPS) is 16.4. The van der Waals surface area contributed by atoms with Crippen LogP contribution in [0.4, 0.5) is 5.69 Å². The van der Waals surface area contributed by atoms with Gasteiger partial charge in [0.2, 0.25) is 6.23 Å². The van der Waals surface area contributed by atoms with Crippen LogP contribution in [0.2, 0.25) is 0 Å². The summed E-state index contributed by atoms with van der Waals surface area (Å²) in [6, 6.07) is 15.7. The Kier molecular flexibility index (Phi) is 4.90. The Morgan fingerprint density at radius 2 is 1.80 bits per heavy atom. The summed E-state index contributed by atoms with van der Waals surface area (Å²) in [7, 11) is 1.53. The first-order valence-electron chi connectivity index (χ1n) is 7.46. The van der Waals surface area contributed by atoms with Crippen LogP contribution in [-0.4, -0.2) is 25.2 Å². The summed E-state index contributed by atoms with van der Waals surface area (Å²) in [5, 5.41) is 5.52. The van der Waals surface area contributed by atoms with Crippen LogP contribution in [0, 0.1) is 0 Å². The van der Waals surface area contributed by atoms with Crippen molar-refractivity contribution >= 4 is 29.2 Å². The van der Waals surface area contributed by atoms with Crippen molar-refractivity contribution in [2.24, 2.45) is 0 Å². The maximum Gasteiger partial charge on any atom is 0.354 e. The summed E-state index contributed by atoms with van der Waals surface area (Å²) in [5.41, 5.74) is 1.29. The maximum atomic E-state index is 12.3. The first-order chi connectivity index (χ1) is 12.1. The Balaban J connectivity index is 1.82. The van der Waals surface area contributed by atoms with Gasteiger partial charge >= 0.3 is 5.97 Å². The van der Waals surface area contributed by atoms with E-state index in [1.54, 1.807) is 48.5 Å². The molecule has 0 aromatic heterocycles. The molecule has 0 saturated heterocycles. The molecule has 1 heterocycles. The molecular formula is C18H15ClN2O4. The van der Waals surface area contributed by atoms with Gasteiger partial charge < -0.3 is 20.1 Å². The Morgan fingerprint density at radius 1 is 1.12 bits per heavy atom. The number of anilines is 1. The van der Waals surface area contributed by atoms with Crippen molar-refractivity contribution in [3.8, 4) is 5.75 Å². The monoisotopic (exact) mass is 358 g/mol. The largest absolute Gasteiger partial charge is 0.495 e. The Labute approximate surface area is 149 Å². The van der Waals surface area contributed by atoms with Crippen molar-refractivity contribution in [2.45, 2.75) is 6.23 Å². The summed E-state index contributed by atoms with van der Waals surface area (Å²) < 4.78 is 10.4. The average Bonchev–Trinajstić information content (AvgIpc) is 2.90. The van der Waals surface area contributed by atoms with Gasteiger partial charge in [-0.1, -0.05) is 41.9 Å². The Bertz CT molecular complexity index is 836. The van der Waals surface area contributed by atoms with Crippen molar-refractivity contribution in [2.75, 3.05) is 12.4 Å². The Morgan fingerprint density at radius 3 is 2.52 bits per heavy atom. The summed E-state index contributed by atoms with van der Waals surface area (Å²) in [5.74, 6) is -0.534. The lowest BCUT2D eigenvalue weighted by atomic mass is 10.2. The second-order valence-electron chi connectivity index (χ2n) is 5.18. The number of nitrogens with one attached hydrogen (secondary N) is 2. The van der Waals surface area contributed by atoms with Crippen LogP contribution < -0.4 is 15.4 Å². The minimum atomic E-state index is -1.02. The average molecular weight is 359 g/mol. The summed E-state index contributed by atoms with van der Waals surface area (Å²) in [6.45, 7) is 0. The lowest BCUT2D eigenvalue weighted by Gasteiger charge is -2.18. The number of hydrogen-bond donors (Lipinski definition) is 2. The van der Waals surface area contributed by atoms with E-state index >= 15 is 0 Å². The van der Waals surface area contributed by atoms with Gasteiger partial charge in [0.15, 0.2) is 5.03 Å². The molecule has 1 amide bonds. The van der Waals surface area contributed by atoms with E-state index in [-0.39, 0.29) is 16.6 Å². The molecule has 0 radical (unpaired) electrons. The molecule has 6 nitrogen and oxygen atoms in total. The van der Waals surface area contributed by atoms with Crippen LogP contribution in [0.1, 0.15) is 10.4 Å². The zero-order valence-corrected chi connectivity index (χ0v) is 14.0. The first-order valence-corrected chi connectivity index (χ1v) is 7.84. The van der Waals surface area contributed by atoms with E-state index in [0.717, 1.165) is 0 Å². The molecule has 0 unspecified atom stereocenters. The van der Waals surface area contributed by atoms with Crippen LogP contribution in [-0.2, 0) is 9.53 Å². The molecule has 1 aliphatic rings. The van der Waals surface area contributed by atoms with E-state index in [0.29, 0.717) is 17.0 Å². The van der Waals surface area contributed by atoms with Gasteiger partial charge in [0, 0.05) is 5.56 Å². The second kappa shape index (κ2) is 7.27. The molecule has 0 fully saturated rings. The number of halogens is 1. The maximum absolute atomic E-state index is 12.3.